The molecule has 0 amide bonds. The number of amidine groups is 1. The molecule has 1 rings (SSSR count). The lowest BCUT2D eigenvalue weighted by atomic mass is 10.2. The molecule has 94 valence electrons. The third-order valence-corrected chi connectivity index (χ3v) is 2.31. The lowest BCUT2D eigenvalue weighted by Gasteiger charge is -2.07. The monoisotopic (exact) mass is 238 g/mol. The number of hydrogen-bond acceptors (Lipinski definition) is 5. The van der Waals surface area contributed by atoms with E-state index in [0.717, 1.165) is 12.8 Å². The van der Waals surface area contributed by atoms with Crippen molar-refractivity contribution in [3.8, 4) is 5.88 Å². The van der Waals surface area contributed by atoms with Gasteiger partial charge in [-0.15, -0.1) is 5.10 Å². The van der Waals surface area contributed by atoms with Crippen molar-refractivity contribution in [2.75, 3.05) is 6.61 Å². The topological polar surface area (TPSA) is 93.6 Å². The normalized spacial score (nSPS) is 11.5. The number of nitrogens with zero attached hydrogens (tertiary/aromatic N) is 3. The molecule has 6 heteroatoms. The van der Waals surface area contributed by atoms with Crippen molar-refractivity contribution in [2.45, 2.75) is 32.6 Å². The van der Waals surface area contributed by atoms with E-state index in [4.69, 9.17) is 15.7 Å². The molecule has 0 saturated carbocycles. The predicted octanol–water partition coefficient (Wildman–Crippen LogP) is 1.53. The van der Waals surface area contributed by atoms with Gasteiger partial charge in [-0.2, -0.15) is 5.10 Å². The molecule has 1 aromatic heterocycles. The molecule has 0 spiro atoms. The van der Waals surface area contributed by atoms with E-state index in [1.807, 2.05) is 0 Å². The summed E-state index contributed by atoms with van der Waals surface area (Å²) in [6.07, 6.45) is 5.92. The zero-order chi connectivity index (χ0) is 12.5. The van der Waals surface area contributed by atoms with E-state index in [1.54, 1.807) is 6.07 Å². The molecule has 0 aliphatic carbocycles. The van der Waals surface area contributed by atoms with Gasteiger partial charge in [0, 0.05) is 0 Å². The average molecular weight is 238 g/mol. The van der Waals surface area contributed by atoms with Crippen LogP contribution < -0.4 is 10.5 Å². The minimum atomic E-state index is -0.0246. The number of rotatable bonds is 7. The maximum Gasteiger partial charge on any atom is 0.244 e. The molecule has 0 aliphatic heterocycles. The van der Waals surface area contributed by atoms with Crippen LogP contribution in [0.25, 0.3) is 0 Å². The van der Waals surface area contributed by atoms with Gasteiger partial charge in [-0.05, 0) is 12.5 Å². The number of nitrogens with two attached hydrogens (primary N) is 1. The molecular weight excluding hydrogens is 220 g/mol. The Morgan fingerprint density at radius 1 is 1.47 bits per heavy atom. The zero-order valence-electron chi connectivity index (χ0n) is 9.96. The Bertz CT molecular complexity index is 368. The largest absolute Gasteiger partial charge is 0.476 e. The van der Waals surface area contributed by atoms with Crippen LogP contribution in [0.4, 0.5) is 0 Å². The zero-order valence-corrected chi connectivity index (χ0v) is 9.96. The minimum absolute atomic E-state index is 0.0246. The van der Waals surface area contributed by atoms with E-state index >= 15 is 0 Å². The molecule has 0 aliphatic rings. The number of unbranched alkanes of at least 4 members (excludes halogenated alkanes) is 3. The van der Waals surface area contributed by atoms with Gasteiger partial charge in [-0.1, -0.05) is 31.3 Å². The Labute approximate surface area is 100 Å². The van der Waals surface area contributed by atoms with Gasteiger partial charge < -0.3 is 15.7 Å². The summed E-state index contributed by atoms with van der Waals surface area (Å²) in [6, 6.07) is 1.60. The van der Waals surface area contributed by atoms with E-state index in [0.29, 0.717) is 18.1 Å². The van der Waals surface area contributed by atoms with Crippen molar-refractivity contribution in [1.82, 2.24) is 10.2 Å². The smallest absolute Gasteiger partial charge is 0.244 e. The van der Waals surface area contributed by atoms with Gasteiger partial charge in [0.25, 0.3) is 0 Å². The van der Waals surface area contributed by atoms with E-state index < -0.39 is 0 Å². The lowest BCUT2D eigenvalue weighted by molar-refractivity contribution is 0.288. The van der Waals surface area contributed by atoms with Crippen LogP contribution >= 0.6 is 0 Å². The fraction of sp³-hybridized carbons (Fsp3) is 0.545. The second kappa shape index (κ2) is 7.43. The van der Waals surface area contributed by atoms with E-state index in [1.165, 1.54) is 19.0 Å². The van der Waals surface area contributed by atoms with Gasteiger partial charge in [-0.25, -0.2) is 0 Å². The molecule has 0 unspecified atom stereocenters. The number of oxime groups is 1. The summed E-state index contributed by atoms with van der Waals surface area (Å²) < 4.78 is 5.46. The van der Waals surface area contributed by atoms with Crippen LogP contribution in [0.3, 0.4) is 0 Å². The second-order valence-electron chi connectivity index (χ2n) is 3.64. The minimum Gasteiger partial charge on any atom is -0.476 e. The van der Waals surface area contributed by atoms with Crippen molar-refractivity contribution in [3.05, 3.63) is 17.8 Å². The van der Waals surface area contributed by atoms with Crippen molar-refractivity contribution in [3.63, 3.8) is 0 Å². The Morgan fingerprint density at radius 2 is 2.29 bits per heavy atom. The van der Waals surface area contributed by atoms with Crippen molar-refractivity contribution < 1.29 is 9.94 Å². The summed E-state index contributed by atoms with van der Waals surface area (Å²) >= 11 is 0. The quantitative estimate of drug-likeness (QED) is 0.247. The van der Waals surface area contributed by atoms with Gasteiger partial charge >= 0.3 is 0 Å². The number of aromatic nitrogens is 2. The molecule has 3 N–H and O–H groups in total. The van der Waals surface area contributed by atoms with Crippen LogP contribution in [0.2, 0.25) is 0 Å². The van der Waals surface area contributed by atoms with Crippen LogP contribution in [0.1, 0.15) is 38.2 Å². The highest BCUT2D eigenvalue weighted by atomic mass is 16.5. The molecule has 6 nitrogen and oxygen atoms in total. The van der Waals surface area contributed by atoms with Crippen LogP contribution in [-0.2, 0) is 0 Å². The highest BCUT2D eigenvalue weighted by molar-refractivity contribution is 5.98. The first-order valence-corrected chi connectivity index (χ1v) is 5.72. The van der Waals surface area contributed by atoms with Gasteiger partial charge in [0.1, 0.15) is 0 Å². The highest BCUT2D eigenvalue weighted by Gasteiger charge is 2.09. The molecule has 0 bridgehead atoms. The second-order valence-corrected chi connectivity index (χ2v) is 3.64. The summed E-state index contributed by atoms with van der Waals surface area (Å²) in [4.78, 5) is 0. The number of ether oxygens (including phenoxy) is 1. The van der Waals surface area contributed by atoms with Gasteiger partial charge in [-0.3, -0.25) is 0 Å². The van der Waals surface area contributed by atoms with Gasteiger partial charge in [0.05, 0.1) is 18.4 Å². The van der Waals surface area contributed by atoms with E-state index in [-0.39, 0.29) is 5.84 Å². The van der Waals surface area contributed by atoms with Crippen molar-refractivity contribution in [2.24, 2.45) is 10.9 Å². The summed E-state index contributed by atoms with van der Waals surface area (Å²) in [5.74, 6) is 0.280. The molecule has 0 fully saturated rings. The molecule has 0 radical (unpaired) electrons. The average Bonchev–Trinajstić information content (AvgIpc) is 2.38. The first-order chi connectivity index (χ1) is 8.29. The van der Waals surface area contributed by atoms with Crippen molar-refractivity contribution in [1.29, 1.82) is 0 Å². The van der Waals surface area contributed by atoms with Crippen LogP contribution in [0, 0.1) is 0 Å². The van der Waals surface area contributed by atoms with E-state index in [9.17, 15) is 0 Å². The predicted molar refractivity (Wildman–Crippen MR) is 64.2 cm³/mol. The Balaban J connectivity index is 2.53. The third kappa shape index (κ3) is 4.26. The summed E-state index contributed by atoms with van der Waals surface area (Å²) in [5.41, 5.74) is 5.96. The molecule has 0 atom stereocenters. The maximum absolute atomic E-state index is 8.61. The fourth-order valence-electron chi connectivity index (χ4n) is 1.37. The first kappa shape index (κ1) is 13.2. The fourth-order valence-corrected chi connectivity index (χ4v) is 1.37. The maximum atomic E-state index is 8.61. The molecule has 17 heavy (non-hydrogen) atoms. The van der Waals surface area contributed by atoms with Crippen LogP contribution in [0.5, 0.6) is 5.88 Å². The molecular formula is C11H18N4O2. The Morgan fingerprint density at radius 3 is 3.00 bits per heavy atom. The lowest BCUT2D eigenvalue weighted by Crippen LogP contribution is -2.16. The Hall–Kier alpha value is -1.85. The van der Waals surface area contributed by atoms with E-state index in [2.05, 4.69) is 22.3 Å². The van der Waals surface area contributed by atoms with Crippen LogP contribution in [0.15, 0.2) is 17.4 Å². The summed E-state index contributed by atoms with van der Waals surface area (Å²) in [6.45, 7) is 2.71. The first-order valence-electron chi connectivity index (χ1n) is 5.72. The van der Waals surface area contributed by atoms with Gasteiger partial charge in [0.15, 0.2) is 5.84 Å². The third-order valence-electron chi connectivity index (χ3n) is 2.31. The molecule has 1 heterocycles. The molecule has 0 aromatic carbocycles. The Kier molecular flexibility index (Phi) is 5.77. The SMILES string of the molecule is CCCCCCOc1nnccc1/C(N)=N/O. The molecule has 1 aromatic rings. The van der Waals surface area contributed by atoms with Gasteiger partial charge in [0.2, 0.25) is 5.88 Å². The van der Waals surface area contributed by atoms with Crippen molar-refractivity contribution >= 4 is 5.84 Å². The highest BCUT2D eigenvalue weighted by Crippen LogP contribution is 2.13. The van der Waals surface area contributed by atoms with Crippen LogP contribution in [-0.4, -0.2) is 27.8 Å². The number of hydrogen-bond donors (Lipinski definition) is 2. The molecule has 0 saturated heterocycles. The summed E-state index contributed by atoms with van der Waals surface area (Å²) in [5, 5.41) is 19.1. The standard InChI is InChI=1S/C11H18N4O2/c1-2-3-4-5-8-17-11-9(10(12)15-16)6-7-13-14-11/h6-7,16H,2-5,8H2,1H3,(H2,12,15). The summed E-state index contributed by atoms with van der Waals surface area (Å²) in [7, 11) is 0.